The number of aryl methyl sites for hydroxylation is 1. The van der Waals surface area contributed by atoms with Crippen molar-refractivity contribution in [3.63, 3.8) is 0 Å². The summed E-state index contributed by atoms with van der Waals surface area (Å²) in [6.45, 7) is 3.61. The van der Waals surface area contributed by atoms with Crippen LogP contribution >= 0.6 is 0 Å². The topological polar surface area (TPSA) is 89.2 Å². The van der Waals surface area contributed by atoms with E-state index in [1.54, 1.807) is 19.3 Å². The number of fused-ring (bicyclic) bond motifs is 3. The van der Waals surface area contributed by atoms with Crippen LogP contribution in [0.25, 0.3) is 11.1 Å². The third-order valence-electron chi connectivity index (χ3n) is 6.96. The molecular formula is C24H25FN6O. The Bertz CT molecular complexity index is 1220. The second kappa shape index (κ2) is 6.87. The predicted molar refractivity (Wildman–Crippen MR) is 121 cm³/mol. The van der Waals surface area contributed by atoms with Crippen LogP contribution in [0.5, 0.6) is 11.8 Å². The van der Waals surface area contributed by atoms with Crippen molar-refractivity contribution < 1.29 is 9.13 Å². The summed E-state index contributed by atoms with van der Waals surface area (Å²) in [5, 5.41) is 3.12. The first-order chi connectivity index (χ1) is 15.4. The van der Waals surface area contributed by atoms with Crippen molar-refractivity contribution in [1.82, 2.24) is 15.0 Å². The Hall–Kier alpha value is -3.26. The third kappa shape index (κ3) is 3.09. The highest BCUT2D eigenvalue weighted by Gasteiger charge is 2.51. The molecular weight excluding hydrogens is 407 g/mol. The Kier molecular flexibility index (Phi) is 4.17. The van der Waals surface area contributed by atoms with Gasteiger partial charge in [0.2, 0.25) is 0 Å². The Morgan fingerprint density at radius 2 is 2.03 bits per heavy atom. The fourth-order valence-corrected chi connectivity index (χ4v) is 4.78. The number of rotatable bonds is 5. The molecule has 1 saturated carbocycles. The molecule has 3 aromatic rings. The van der Waals surface area contributed by atoms with Crippen LogP contribution in [0.15, 0.2) is 30.5 Å². The number of pyridine rings is 1. The first-order valence-electron chi connectivity index (χ1n) is 11.0. The Morgan fingerprint density at radius 3 is 2.72 bits per heavy atom. The summed E-state index contributed by atoms with van der Waals surface area (Å²) in [6, 6.07) is 7.13. The first-order valence-corrected chi connectivity index (χ1v) is 11.0. The van der Waals surface area contributed by atoms with Gasteiger partial charge >= 0.3 is 6.01 Å². The summed E-state index contributed by atoms with van der Waals surface area (Å²) in [7, 11) is 1.81. The molecule has 1 aromatic carbocycles. The van der Waals surface area contributed by atoms with E-state index in [9.17, 15) is 4.39 Å². The van der Waals surface area contributed by atoms with Crippen molar-refractivity contribution in [2.75, 3.05) is 30.4 Å². The van der Waals surface area contributed by atoms with E-state index in [4.69, 9.17) is 20.4 Å². The van der Waals surface area contributed by atoms with Crippen LogP contribution in [0.2, 0.25) is 0 Å². The van der Waals surface area contributed by atoms with Gasteiger partial charge in [-0.1, -0.05) is 0 Å². The molecule has 0 radical (unpaired) electrons. The van der Waals surface area contributed by atoms with Crippen LogP contribution in [0.1, 0.15) is 29.8 Å². The zero-order valence-electron chi connectivity index (χ0n) is 18.2. The fourth-order valence-electron chi connectivity index (χ4n) is 4.78. The first kappa shape index (κ1) is 19.4. The van der Waals surface area contributed by atoms with Gasteiger partial charge in [-0.2, -0.15) is 9.97 Å². The summed E-state index contributed by atoms with van der Waals surface area (Å²) >= 11 is 0. The number of nitrogens with zero attached hydrogens (tertiary/aromatic N) is 4. The van der Waals surface area contributed by atoms with Crippen molar-refractivity contribution in [1.29, 1.82) is 0 Å². The van der Waals surface area contributed by atoms with E-state index in [1.807, 2.05) is 19.1 Å². The summed E-state index contributed by atoms with van der Waals surface area (Å²) in [4.78, 5) is 16.0. The van der Waals surface area contributed by atoms with Crippen LogP contribution < -0.4 is 20.7 Å². The van der Waals surface area contributed by atoms with Gasteiger partial charge in [0.05, 0.1) is 11.9 Å². The minimum Gasteiger partial charge on any atom is -0.423 e. The number of aromatic nitrogens is 3. The van der Waals surface area contributed by atoms with Crippen LogP contribution in [0.4, 0.5) is 15.9 Å². The minimum atomic E-state index is -0.279. The lowest BCUT2D eigenvalue weighted by Gasteiger charge is -2.44. The molecule has 3 aliphatic rings. The molecule has 6 rings (SSSR count). The van der Waals surface area contributed by atoms with E-state index in [1.165, 1.54) is 6.07 Å². The summed E-state index contributed by atoms with van der Waals surface area (Å²) in [6.07, 6.45) is 4.43. The maximum atomic E-state index is 14.4. The van der Waals surface area contributed by atoms with Gasteiger partial charge in [0.15, 0.2) is 0 Å². The van der Waals surface area contributed by atoms with Gasteiger partial charge in [-0.05, 0) is 55.2 Å². The maximum Gasteiger partial charge on any atom is 0.324 e. The van der Waals surface area contributed by atoms with Gasteiger partial charge in [0.25, 0.3) is 0 Å². The number of anilines is 2. The van der Waals surface area contributed by atoms with Crippen molar-refractivity contribution in [3.05, 3.63) is 53.2 Å². The number of hydrogen-bond acceptors (Lipinski definition) is 7. The van der Waals surface area contributed by atoms with Crippen LogP contribution in [0, 0.1) is 18.7 Å². The van der Waals surface area contributed by atoms with Gasteiger partial charge in [0.1, 0.15) is 17.4 Å². The molecule has 32 heavy (non-hydrogen) atoms. The molecule has 0 amide bonds. The van der Waals surface area contributed by atoms with Crippen molar-refractivity contribution in [3.8, 4) is 22.9 Å². The number of nitrogens with two attached hydrogens (primary N) is 1. The van der Waals surface area contributed by atoms with E-state index in [-0.39, 0.29) is 17.4 Å². The minimum absolute atomic E-state index is 0.0249. The van der Waals surface area contributed by atoms with Crippen molar-refractivity contribution in [2.24, 2.45) is 11.7 Å². The van der Waals surface area contributed by atoms with Crippen molar-refractivity contribution >= 4 is 11.5 Å². The maximum absolute atomic E-state index is 14.4. The Labute approximate surface area is 185 Å². The molecule has 3 heterocycles. The van der Waals surface area contributed by atoms with E-state index in [0.717, 1.165) is 65.5 Å². The lowest BCUT2D eigenvalue weighted by atomic mass is 9.89. The lowest BCUT2D eigenvalue weighted by Crippen LogP contribution is -2.56. The molecule has 1 aliphatic heterocycles. The molecule has 3 N–H and O–H groups in total. The van der Waals surface area contributed by atoms with Crippen molar-refractivity contribution in [2.45, 2.75) is 31.7 Å². The molecule has 7 nitrogen and oxygen atoms in total. The van der Waals surface area contributed by atoms with Gasteiger partial charge in [-0.3, -0.25) is 4.98 Å². The molecule has 164 valence electrons. The molecule has 0 unspecified atom stereocenters. The number of benzene rings is 1. The summed E-state index contributed by atoms with van der Waals surface area (Å²) < 4.78 is 20.4. The number of nitrogens with one attached hydrogen (secondary N) is 1. The molecule has 8 heteroatoms. The highest BCUT2D eigenvalue weighted by molar-refractivity contribution is 5.88. The number of halogens is 1. The molecule has 2 fully saturated rings. The van der Waals surface area contributed by atoms with Gasteiger partial charge in [0, 0.05) is 55.0 Å². The monoisotopic (exact) mass is 432 g/mol. The number of ether oxygens (including phenoxy) is 1. The molecule has 1 saturated heterocycles. The Balaban J connectivity index is 1.42. The standard InChI is InChI=1S/C24H25FN6O/c1-13-3-4-16(10-28-13)32-23-29-20-9-17-18(7-15(25)8-19(17)27-2)21(20)22(30-23)31-11-14(12-31)24(26)5-6-24/h3-4,7-8,10,14,27H,5-6,9,11-12,26H2,1-2H3. The molecule has 0 spiro atoms. The van der Waals surface area contributed by atoms with Gasteiger partial charge in [-0.25, -0.2) is 4.39 Å². The zero-order valence-corrected chi connectivity index (χ0v) is 18.2. The average molecular weight is 433 g/mol. The van der Waals surface area contributed by atoms with Crippen LogP contribution in [-0.2, 0) is 6.42 Å². The number of hydrogen-bond donors (Lipinski definition) is 2. The highest BCUT2D eigenvalue weighted by atomic mass is 19.1. The van der Waals surface area contributed by atoms with Gasteiger partial charge in [-0.15, -0.1) is 0 Å². The predicted octanol–water partition coefficient (Wildman–Crippen LogP) is 3.65. The third-order valence-corrected chi connectivity index (χ3v) is 6.96. The van der Waals surface area contributed by atoms with E-state index >= 15 is 0 Å². The normalized spacial score (nSPS) is 18.1. The lowest BCUT2D eigenvalue weighted by molar-refractivity contribution is 0.321. The highest BCUT2D eigenvalue weighted by Crippen LogP contribution is 2.49. The Morgan fingerprint density at radius 1 is 1.22 bits per heavy atom. The largest absolute Gasteiger partial charge is 0.423 e. The quantitative estimate of drug-likeness (QED) is 0.498. The summed E-state index contributed by atoms with van der Waals surface area (Å²) in [5.74, 6) is 1.55. The second-order valence-electron chi connectivity index (χ2n) is 9.13. The SMILES string of the molecule is CNc1cc(F)cc2c1Cc1nc(Oc3ccc(C)nc3)nc(N3CC(C4(N)CC4)C3)c1-2. The zero-order chi connectivity index (χ0) is 22.0. The molecule has 0 atom stereocenters. The van der Waals surface area contributed by atoms with E-state index in [2.05, 4.69) is 15.2 Å². The van der Waals surface area contributed by atoms with Crippen LogP contribution in [-0.4, -0.2) is 40.6 Å². The van der Waals surface area contributed by atoms with Crippen LogP contribution in [0.3, 0.4) is 0 Å². The van der Waals surface area contributed by atoms with E-state index < -0.39 is 0 Å². The van der Waals surface area contributed by atoms with E-state index in [0.29, 0.717) is 18.1 Å². The fraction of sp³-hybridized carbons (Fsp3) is 0.375. The molecule has 0 bridgehead atoms. The molecule has 2 aliphatic carbocycles. The smallest absolute Gasteiger partial charge is 0.324 e. The second-order valence-corrected chi connectivity index (χ2v) is 9.13. The average Bonchev–Trinajstić information content (AvgIpc) is 3.36. The molecule has 2 aromatic heterocycles. The van der Waals surface area contributed by atoms with Gasteiger partial charge < -0.3 is 20.7 Å². The summed E-state index contributed by atoms with van der Waals surface area (Å²) in [5.41, 5.74) is 11.7.